The number of halogens is 2. The minimum Gasteiger partial charge on any atom is -0.485 e. The fraction of sp³-hybridized carbons (Fsp3) is 0.375. The Bertz CT molecular complexity index is 1670. The van der Waals surface area contributed by atoms with Crippen LogP contribution in [0.3, 0.4) is 0 Å². The van der Waals surface area contributed by atoms with Gasteiger partial charge in [0.15, 0.2) is 17.6 Å². The molecule has 0 N–H and O–H groups in total. The molecule has 0 spiro atoms. The van der Waals surface area contributed by atoms with Crippen molar-refractivity contribution in [3.8, 4) is 11.5 Å². The molecule has 9 nitrogen and oxygen atoms in total. The monoisotopic (exact) mass is 606 g/mol. The van der Waals surface area contributed by atoms with Gasteiger partial charge in [-0.1, -0.05) is 23.7 Å². The molecule has 4 aromatic rings. The van der Waals surface area contributed by atoms with Crippen LogP contribution in [0.5, 0.6) is 11.5 Å². The predicted molar refractivity (Wildman–Crippen MR) is 160 cm³/mol. The first-order chi connectivity index (χ1) is 21.0. The molecule has 4 heterocycles. The number of imidazole rings is 1. The van der Waals surface area contributed by atoms with Gasteiger partial charge in [-0.3, -0.25) is 4.90 Å². The summed E-state index contributed by atoms with van der Waals surface area (Å²) in [4.78, 5) is 21.8. The Morgan fingerprint density at radius 1 is 1.12 bits per heavy atom. The van der Waals surface area contributed by atoms with E-state index in [4.69, 9.17) is 35.5 Å². The van der Waals surface area contributed by atoms with E-state index in [1.54, 1.807) is 18.2 Å². The summed E-state index contributed by atoms with van der Waals surface area (Å²) in [5, 5.41) is 0.342. The average molecular weight is 607 g/mol. The molecule has 3 aliphatic heterocycles. The molecule has 3 aliphatic rings. The smallest absolute Gasteiger partial charge is 0.337 e. The molecule has 0 bridgehead atoms. The van der Waals surface area contributed by atoms with Crippen LogP contribution < -0.4 is 14.4 Å². The summed E-state index contributed by atoms with van der Waals surface area (Å²) in [6, 6.07) is 16.0. The van der Waals surface area contributed by atoms with E-state index in [0.717, 1.165) is 61.8 Å². The first kappa shape index (κ1) is 27.9. The number of aromatic nitrogens is 2. The zero-order valence-electron chi connectivity index (χ0n) is 23.8. The second-order valence-corrected chi connectivity index (χ2v) is 11.5. The number of ether oxygens (including phenoxy) is 4. The quantitative estimate of drug-likeness (QED) is 0.265. The van der Waals surface area contributed by atoms with Crippen LogP contribution in [0.4, 0.5) is 10.1 Å². The van der Waals surface area contributed by atoms with Crippen molar-refractivity contribution < 1.29 is 28.1 Å². The molecule has 0 radical (unpaired) electrons. The normalized spacial score (nSPS) is 20.2. The molecule has 2 atom stereocenters. The Morgan fingerprint density at radius 3 is 2.70 bits per heavy atom. The van der Waals surface area contributed by atoms with Gasteiger partial charge in [-0.25, -0.2) is 14.2 Å². The number of hydrogen-bond acceptors (Lipinski definition) is 8. The first-order valence-electron chi connectivity index (χ1n) is 14.5. The van der Waals surface area contributed by atoms with Crippen LogP contribution in [0.15, 0.2) is 54.6 Å². The fourth-order valence-electron chi connectivity index (χ4n) is 5.96. The number of fused-ring (bicyclic) bond motifs is 2. The number of carbonyl (C=O) groups excluding carboxylic acids is 1. The third kappa shape index (κ3) is 5.50. The lowest BCUT2D eigenvalue weighted by molar-refractivity contribution is -0.0592. The van der Waals surface area contributed by atoms with Gasteiger partial charge >= 0.3 is 5.97 Å². The van der Waals surface area contributed by atoms with E-state index in [2.05, 4.69) is 14.4 Å². The van der Waals surface area contributed by atoms with E-state index in [0.29, 0.717) is 40.7 Å². The van der Waals surface area contributed by atoms with Crippen LogP contribution in [-0.4, -0.2) is 73.0 Å². The molecule has 2 fully saturated rings. The van der Waals surface area contributed by atoms with Crippen LogP contribution in [-0.2, 0) is 22.6 Å². The molecule has 11 heteroatoms. The number of carbonyl (C=O) groups is 1. The number of anilines is 1. The van der Waals surface area contributed by atoms with Gasteiger partial charge < -0.3 is 28.4 Å². The number of rotatable bonds is 7. The van der Waals surface area contributed by atoms with Gasteiger partial charge in [0.05, 0.1) is 48.6 Å². The van der Waals surface area contributed by atoms with Gasteiger partial charge in [0.1, 0.15) is 18.2 Å². The lowest BCUT2D eigenvalue weighted by Crippen LogP contribution is -2.46. The Hall–Kier alpha value is -3.86. The van der Waals surface area contributed by atoms with Gasteiger partial charge in [-0.05, 0) is 48.9 Å². The molecular formula is C32H32ClFN4O5. The number of methoxy groups -OCH3 is 1. The summed E-state index contributed by atoms with van der Waals surface area (Å²) >= 11 is 5.96. The molecule has 7 rings (SSSR count). The minimum atomic E-state index is -0.570. The van der Waals surface area contributed by atoms with E-state index >= 15 is 0 Å². The second-order valence-electron chi connectivity index (χ2n) is 11.1. The van der Waals surface area contributed by atoms with Crippen LogP contribution in [0, 0.1) is 5.82 Å². The van der Waals surface area contributed by atoms with Gasteiger partial charge in [0, 0.05) is 43.4 Å². The molecule has 0 amide bonds. The van der Waals surface area contributed by atoms with E-state index in [1.807, 2.05) is 30.3 Å². The molecule has 3 aromatic carbocycles. The van der Waals surface area contributed by atoms with Crippen LogP contribution >= 0.6 is 11.6 Å². The standard InChI is InChI=1S/C32H32ClFN4O5/c1-40-32(39)20-5-8-25-27(15-20)38(17-22-9-14-41-22)30(35-25)18-36-10-12-37(13-11-36)26-3-2-4-28-31(26)43-29(19-42-28)23-7-6-21(33)16-24(23)34/h2-8,15-16,22,29H,9-14,17-19H2,1H3. The third-order valence-corrected chi connectivity index (χ3v) is 8.66. The second kappa shape index (κ2) is 11.7. The highest BCUT2D eigenvalue weighted by Crippen LogP contribution is 2.44. The Labute approximate surface area is 253 Å². The number of nitrogens with zero attached hydrogens (tertiary/aromatic N) is 4. The lowest BCUT2D eigenvalue weighted by Gasteiger charge is -2.38. The van der Waals surface area contributed by atoms with Crippen molar-refractivity contribution in [3.05, 3.63) is 82.4 Å². The number of para-hydroxylation sites is 1. The molecule has 1 aromatic heterocycles. The van der Waals surface area contributed by atoms with Crippen molar-refractivity contribution in [1.29, 1.82) is 0 Å². The van der Waals surface area contributed by atoms with Crippen molar-refractivity contribution in [2.24, 2.45) is 0 Å². The largest absolute Gasteiger partial charge is 0.485 e. The molecule has 0 saturated carbocycles. The highest BCUT2D eigenvalue weighted by Gasteiger charge is 2.30. The van der Waals surface area contributed by atoms with Crippen LogP contribution in [0.2, 0.25) is 5.02 Å². The van der Waals surface area contributed by atoms with E-state index in [-0.39, 0.29) is 18.7 Å². The maximum atomic E-state index is 14.7. The van der Waals surface area contributed by atoms with Crippen molar-refractivity contribution in [2.75, 3.05) is 51.4 Å². The minimum absolute atomic E-state index is 0.145. The lowest BCUT2D eigenvalue weighted by atomic mass is 10.1. The van der Waals surface area contributed by atoms with Gasteiger partial charge in [-0.15, -0.1) is 0 Å². The van der Waals surface area contributed by atoms with E-state index in [1.165, 1.54) is 13.2 Å². The van der Waals surface area contributed by atoms with E-state index < -0.39 is 11.9 Å². The summed E-state index contributed by atoms with van der Waals surface area (Å²) in [6.07, 6.45) is 0.582. The highest BCUT2D eigenvalue weighted by molar-refractivity contribution is 6.30. The van der Waals surface area contributed by atoms with E-state index in [9.17, 15) is 9.18 Å². The zero-order valence-corrected chi connectivity index (χ0v) is 24.6. The Balaban J connectivity index is 1.07. The zero-order chi connectivity index (χ0) is 29.5. The van der Waals surface area contributed by atoms with Crippen molar-refractivity contribution >= 4 is 34.3 Å². The van der Waals surface area contributed by atoms with Gasteiger partial charge in [0.2, 0.25) is 0 Å². The Morgan fingerprint density at radius 2 is 1.95 bits per heavy atom. The topological polar surface area (TPSA) is 78.3 Å². The van der Waals surface area contributed by atoms with Crippen LogP contribution in [0.1, 0.15) is 34.3 Å². The highest BCUT2D eigenvalue weighted by atomic mass is 35.5. The predicted octanol–water partition coefficient (Wildman–Crippen LogP) is 5.24. The number of hydrogen-bond donors (Lipinski definition) is 0. The summed E-state index contributed by atoms with van der Waals surface area (Å²) in [5.74, 6) is 1.46. The molecular weight excluding hydrogens is 575 g/mol. The van der Waals surface area contributed by atoms with Crippen LogP contribution in [0.25, 0.3) is 11.0 Å². The van der Waals surface area contributed by atoms with Crippen molar-refractivity contribution in [2.45, 2.75) is 31.7 Å². The van der Waals surface area contributed by atoms with Gasteiger partial charge in [-0.2, -0.15) is 0 Å². The number of esters is 1. The maximum absolute atomic E-state index is 14.7. The summed E-state index contributed by atoms with van der Waals surface area (Å²) in [6.45, 7) is 5.54. The summed E-state index contributed by atoms with van der Waals surface area (Å²) in [7, 11) is 1.39. The average Bonchev–Trinajstić information content (AvgIpc) is 3.34. The molecule has 224 valence electrons. The summed E-state index contributed by atoms with van der Waals surface area (Å²) in [5.41, 5.74) is 3.61. The molecule has 2 saturated heterocycles. The first-order valence-corrected chi connectivity index (χ1v) is 14.9. The summed E-state index contributed by atoms with van der Waals surface area (Å²) < 4.78 is 39.9. The number of benzene rings is 3. The SMILES string of the molecule is COC(=O)c1ccc2nc(CN3CCN(c4cccc5c4OC(c4ccc(Cl)cc4F)CO5)CC3)n(CC3CCO3)c2c1. The van der Waals surface area contributed by atoms with Crippen molar-refractivity contribution in [1.82, 2.24) is 14.5 Å². The van der Waals surface area contributed by atoms with Crippen molar-refractivity contribution in [3.63, 3.8) is 0 Å². The molecule has 2 unspecified atom stereocenters. The fourth-order valence-corrected chi connectivity index (χ4v) is 6.12. The molecule has 0 aliphatic carbocycles. The third-order valence-electron chi connectivity index (χ3n) is 8.42. The number of piperazine rings is 1. The maximum Gasteiger partial charge on any atom is 0.337 e. The molecule has 43 heavy (non-hydrogen) atoms. The Kier molecular flexibility index (Phi) is 7.58. The van der Waals surface area contributed by atoms with Gasteiger partial charge in [0.25, 0.3) is 0 Å².